The molecule has 2 aromatic rings. The minimum Gasteiger partial charge on any atom is -0.373 e. The Kier molecular flexibility index (Phi) is 4.20. The Labute approximate surface area is 118 Å². The third-order valence-electron chi connectivity index (χ3n) is 2.52. The monoisotopic (exact) mass is 298 g/mol. The van der Waals surface area contributed by atoms with E-state index in [-0.39, 0.29) is 18.2 Å². The van der Waals surface area contributed by atoms with Crippen LogP contribution in [0.15, 0.2) is 18.3 Å². The SMILES string of the molecule is CNc1cc(NCc2ccnc(C)n2)nc(C(F)(F)F)n1. The molecule has 2 aromatic heterocycles. The minimum atomic E-state index is -4.60. The van der Waals surface area contributed by atoms with E-state index in [9.17, 15) is 13.2 Å². The number of anilines is 2. The lowest BCUT2D eigenvalue weighted by atomic mass is 10.4. The highest BCUT2D eigenvalue weighted by Crippen LogP contribution is 2.28. The fourth-order valence-corrected chi connectivity index (χ4v) is 1.58. The lowest BCUT2D eigenvalue weighted by Gasteiger charge is -2.11. The first-order valence-electron chi connectivity index (χ1n) is 6.05. The zero-order valence-electron chi connectivity index (χ0n) is 11.4. The molecule has 21 heavy (non-hydrogen) atoms. The van der Waals surface area contributed by atoms with Crippen molar-refractivity contribution in [1.82, 2.24) is 19.9 Å². The van der Waals surface area contributed by atoms with Crippen molar-refractivity contribution >= 4 is 11.6 Å². The molecule has 112 valence electrons. The van der Waals surface area contributed by atoms with E-state index >= 15 is 0 Å². The molecule has 2 rings (SSSR count). The highest BCUT2D eigenvalue weighted by atomic mass is 19.4. The maximum atomic E-state index is 12.7. The Balaban J connectivity index is 2.19. The van der Waals surface area contributed by atoms with Crippen molar-refractivity contribution in [2.24, 2.45) is 0 Å². The molecule has 0 aliphatic carbocycles. The van der Waals surface area contributed by atoms with Crippen molar-refractivity contribution in [2.75, 3.05) is 17.7 Å². The van der Waals surface area contributed by atoms with Gasteiger partial charge in [-0.05, 0) is 13.0 Å². The van der Waals surface area contributed by atoms with Gasteiger partial charge in [0.15, 0.2) is 0 Å². The zero-order chi connectivity index (χ0) is 15.5. The van der Waals surface area contributed by atoms with Gasteiger partial charge in [0.05, 0.1) is 12.2 Å². The zero-order valence-corrected chi connectivity index (χ0v) is 11.4. The van der Waals surface area contributed by atoms with Crippen LogP contribution in [0.4, 0.5) is 24.8 Å². The third-order valence-corrected chi connectivity index (χ3v) is 2.52. The number of alkyl halides is 3. The second-order valence-electron chi connectivity index (χ2n) is 4.16. The first-order valence-corrected chi connectivity index (χ1v) is 6.05. The summed E-state index contributed by atoms with van der Waals surface area (Å²) in [6, 6.07) is 3.06. The maximum Gasteiger partial charge on any atom is 0.451 e. The van der Waals surface area contributed by atoms with Gasteiger partial charge in [-0.1, -0.05) is 0 Å². The number of aromatic nitrogens is 4. The third kappa shape index (κ3) is 4.01. The van der Waals surface area contributed by atoms with E-state index < -0.39 is 12.0 Å². The van der Waals surface area contributed by atoms with E-state index in [2.05, 4.69) is 30.6 Å². The van der Waals surface area contributed by atoms with Gasteiger partial charge >= 0.3 is 6.18 Å². The number of nitrogens with zero attached hydrogens (tertiary/aromatic N) is 4. The largest absolute Gasteiger partial charge is 0.451 e. The summed E-state index contributed by atoms with van der Waals surface area (Å²) in [5.74, 6) is -0.462. The molecular weight excluding hydrogens is 285 g/mol. The molecule has 0 atom stereocenters. The number of nitrogens with one attached hydrogen (secondary N) is 2. The fourth-order valence-electron chi connectivity index (χ4n) is 1.58. The molecule has 0 fully saturated rings. The number of rotatable bonds is 4. The summed E-state index contributed by atoms with van der Waals surface area (Å²) in [6.45, 7) is 1.97. The minimum absolute atomic E-state index is 0.0675. The van der Waals surface area contributed by atoms with E-state index in [4.69, 9.17) is 0 Å². The highest BCUT2D eigenvalue weighted by molar-refractivity contribution is 5.47. The van der Waals surface area contributed by atoms with Gasteiger partial charge in [0.2, 0.25) is 5.82 Å². The van der Waals surface area contributed by atoms with Crippen LogP contribution in [0.2, 0.25) is 0 Å². The van der Waals surface area contributed by atoms with Crippen molar-refractivity contribution < 1.29 is 13.2 Å². The molecule has 0 aromatic carbocycles. The molecule has 9 heteroatoms. The molecule has 6 nitrogen and oxygen atoms in total. The molecule has 0 bridgehead atoms. The first-order chi connectivity index (χ1) is 9.88. The van der Waals surface area contributed by atoms with Crippen molar-refractivity contribution in [1.29, 1.82) is 0 Å². The van der Waals surface area contributed by atoms with Crippen molar-refractivity contribution in [2.45, 2.75) is 19.6 Å². The number of hydrogen-bond acceptors (Lipinski definition) is 6. The van der Waals surface area contributed by atoms with Gasteiger partial charge in [-0.15, -0.1) is 0 Å². The van der Waals surface area contributed by atoms with E-state index in [1.165, 1.54) is 13.1 Å². The summed E-state index contributed by atoms with van der Waals surface area (Å²) in [6.07, 6.45) is -3.02. The van der Waals surface area contributed by atoms with E-state index in [0.29, 0.717) is 11.5 Å². The van der Waals surface area contributed by atoms with Gasteiger partial charge in [0.1, 0.15) is 17.5 Å². The summed E-state index contributed by atoms with van der Waals surface area (Å²) >= 11 is 0. The normalized spacial score (nSPS) is 11.3. The molecule has 0 amide bonds. The second-order valence-corrected chi connectivity index (χ2v) is 4.16. The Hall–Kier alpha value is -2.45. The summed E-state index contributed by atoms with van der Waals surface area (Å²) < 4.78 is 38.1. The molecule has 2 N–H and O–H groups in total. The molecule has 0 spiro atoms. The molecule has 0 saturated heterocycles. The predicted molar refractivity (Wildman–Crippen MR) is 70.7 cm³/mol. The lowest BCUT2D eigenvalue weighted by Crippen LogP contribution is -2.14. The lowest BCUT2D eigenvalue weighted by molar-refractivity contribution is -0.144. The molecule has 2 heterocycles. The molecule has 0 aliphatic heterocycles. The van der Waals surface area contributed by atoms with Crippen LogP contribution in [0, 0.1) is 6.92 Å². The fraction of sp³-hybridized carbons (Fsp3) is 0.333. The Morgan fingerprint density at radius 1 is 1.14 bits per heavy atom. The van der Waals surface area contributed by atoms with Gasteiger partial charge in [-0.25, -0.2) is 19.9 Å². The van der Waals surface area contributed by atoms with E-state index in [0.717, 1.165) is 0 Å². The van der Waals surface area contributed by atoms with Crippen LogP contribution >= 0.6 is 0 Å². The van der Waals surface area contributed by atoms with Gasteiger partial charge in [-0.3, -0.25) is 0 Å². The van der Waals surface area contributed by atoms with Gasteiger partial charge < -0.3 is 10.6 Å². The summed E-state index contributed by atoms with van der Waals surface area (Å²) in [7, 11) is 1.49. The van der Waals surface area contributed by atoms with Crippen LogP contribution in [0.25, 0.3) is 0 Å². The van der Waals surface area contributed by atoms with Crippen molar-refractivity contribution in [3.63, 3.8) is 0 Å². The molecular formula is C12H13F3N6. The van der Waals surface area contributed by atoms with E-state index in [1.807, 2.05) is 0 Å². The second kappa shape index (κ2) is 5.90. The molecule has 0 radical (unpaired) electrons. The average molecular weight is 298 g/mol. The van der Waals surface area contributed by atoms with Crippen LogP contribution in [0.5, 0.6) is 0 Å². The Bertz CT molecular complexity index is 629. The van der Waals surface area contributed by atoms with Gasteiger partial charge in [-0.2, -0.15) is 13.2 Å². The van der Waals surface area contributed by atoms with Crippen LogP contribution in [-0.2, 0) is 12.7 Å². The summed E-state index contributed by atoms with van der Waals surface area (Å²) in [4.78, 5) is 14.9. The summed E-state index contributed by atoms with van der Waals surface area (Å²) in [5.41, 5.74) is 0.653. The molecule has 0 aliphatic rings. The highest BCUT2D eigenvalue weighted by Gasteiger charge is 2.35. The predicted octanol–water partition coefficient (Wildman–Crippen LogP) is 2.25. The summed E-state index contributed by atoms with van der Waals surface area (Å²) in [5, 5.41) is 5.36. The average Bonchev–Trinajstić information content (AvgIpc) is 2.44. The number of hydrogen-bond donors (Lipinski definition) is 2. The molecule has 0 saturated carbocycles. The van der Waals surface area contributed by atoms with Crippen molar-refractivity contribution in [3.8, 4) is 0 Å². The topological polar surface area (TPSA) is 75.6 Å². The van der Waals surface area contributed by atoms with Gasteiger partial charge in [0.25, 0.3) is 0 Å². The van der Waals surface area contributed by atoms with Gasteiger partial charge in [0, 0.05) is 19.3 Å². The Morgan fingerprint density at radius 2 is 1.86 bits per heavy atom. The maximum absolute atomic E-state index is 12.7. The molecule has 0 unspecified atom stereocenters. The van der Waals surface area contributed by atoms with Crippen LogP contribution in [0.3, 0.4) is 0 Å². The van der Waals surface area contributed by atoms with Crippen LogP contribution < -0.4 is 10.6 Å². The van der Waals surface area contributed by atoms with Crippen LogP contribution in [-0.4, -0.2) is 27.0 Å². The number of halogens is 3. The standard InChI is InChI=1S/C12H13F3N6/c1-7-17-4-3-8(19-7)6-18-10-5-9(16-2)20-11(21-10)12(13,14)15/h3-5H,6H2,1-2H3,(H2,16,18,20,21). The quantitative estimate of drug-likeness (QED) is 0.901. The Morgan fingerprint density at radius 3 is 2.48 bits per heavy atom. The smallest absolute Gasteiger partial charge is 0.373 e. The number of aryl methyl sites for hydroxylation is 1. The first kappa shape index (κ1) is 14.9. The van der Waals surface area contributed by atoms with Crippen molar-refractivity contribution in [3.05, 3.63) is 35.7 Å². The van der Waals surface area contributed by atoms with Crippen LogP contribution in [0.1, 0.15) is 17.3 Å². The van der Waals surface area contributed by atoms with E-state index in [1.54, 1.807) is 19.2 Å².